The minimum Gasteiger partial charge on any atom is -0.505 e. The van der Waals surface area contributed by atoms with Gasteiger partial charge in [0, 0.05) is 4.88 Å². The summed E-state index contributed by atoms with van der Waals surface area (Å²) < 4.78 is 0. The maximum atomic E-state index is 9.44. The van der Waals surface area contributed by atoms with Gasteiger partial charge in [-0.15, -0.1) is 23.7 Å². The van der Waals surface area contributed by atoms with Crippen molar-refractivity contribution >= 4 is 46.9 Å². The second kappa shape index (κ2) is 5.94. The Labute approximate surface area is 119 Å². The van der Waals surface area contributed by atoms with Gasteiger partial charge in [-0.3, -0.25) is 0 Å². The van der Waals surface area contributed by atoms with Gasteiger partial charge in [0.2, 0.25) is 0 Å². The van der Waals surface area contributed by atoms with E-state index in [1.165, 1.54) is 0 Å². The highest BCUT2D eigenvalue weighted by Crippen LogP contribution is 2.36. The minimum absolute atomic E-state index is 0. The highest BCUT2D eigenvalue weighted by atomic mass is 35.5. The summed E-state index contributed by atoms with van der Waals surface area (Å²) in [6, 6.07) is 6.88. The SMILES string of the molecule is Cl.N[C@@H](c1cc(Cl)c(O)c(Cl)c1)c1cccs1. The van der Waals surface area contributed by atoms with Gasteiger partial charge in [-0.05, 0) is 29.1 Å². The molecule has 0 bridgehead atoms. The summed E-state index contributed by atoms with van der Waals surface area (Å²) >= 11 is 13.2. The van der Waals surface area contributed by atoms with Crippen LogP contribution in [0.3, 0.4) is 0 Å². The van der Waals surface area contributed by atoms with Gasteiger partial charge < -0.3 is 10.8 Å². The molecule has 3 N–H and O–H groups in total. The molecule has 0 saturated carbocycles. The van der Waals surface area contributed by atoms with Gasteiger partial charge in [0.25, 0.3) is 0 Å². The molecule has 0 amide bonds. The second-order valence-corrected chi connectivity index (χ2v) is 5.12. The summed E-state index contributed by atoms with van der Waals surface area (Å²) in [6.45, 7) is 0. The Kier molecular flexibility index (Phi) is 5.10. The van der Waals surface area contributed by atoms with Crippen molar-refractivity contribution in [2.45, 2.75) is 6.04 Å². The van der Waals surface area contributed by atoms with Crippen LogP contribution in [-0.2, 0) is 0 Å². The minimum atomic E-state index is -0.268. The van der Waals surface area contributed by atoms with E-state index in [1.54, 1.807) is 23.5 Å². The molecule has 0 fully saturated rings. The molecule has 0 aliphatic rings. The molecular formula is C11H10Cl3NOS. The molecule has 2 aromatic rings. The molecule has 1 aromatic carbocycles. The molecule has 2 nitrogen and oxygen atoms in total. The first-order chi connectivity index (χ1) is 7.59. The van der Waals surface area contributed by atoms with Crippen LogP contribution in [0.1, 0.15) is 16.5 Å². The van der Waals surface area contributed by atoms with E-state index in [9.17, 15) is 5.11 Å². The molecule has 1 heterocycles. The Morgan fingerprint density at radius 2 is 1.82 bits per heavy atom. The molecule has 1 atom stereocenters. The summed E-state index contributed by atoms with van der Waals surface area (Å²) in [5.41, 5.74) is 6.85. The normalized spacial score (nSPS) is 11.9. The zero-order valence-corrected chi connectivity index (χ0v) is 11.7. The molecule has 0 aliphatic heterocycles. The lowest BCUT2D eigenvalue weighted by atomic mass is 10.1. The van der Waals surface area contributed by atoms with E-state index in [2.05, 4.69) is 0 Å². The van der Waals surface area contributed by atoms with E-state index in [0.717, 1.165) is 10.4 Å². The van der Waals surface area contributed by atoms with Crippen molar-refractivity contribution in [1.82, 2.24) is 0 Å². The second-order valence-electron chi connectivity index (χ2n) is 3.33. The van der Waals surface area contributed by atoms with E-state index < -0.39 is 0 Å². The summed E-state index contributed by atoms with van der Waals surface area (Å²) in [6.07, 6.45) is 0. The Morgan fingerprint density at radius 1 is 1.24 bits per heavy atom. The van der Waals surface area contributed by atoms with Crippen LogP contribution >= 0.6 is 46.9 Å². The van der Waals surface area contributed by atoms with Crippen LogP contribution in [0.25, 0.3) is 0 Å². The maximum absolute atomic E-state index is 9.44. The quantitative estimate of drug-likeness (QED) is 0.872. The van der Waals surface area contributed by atoms with E-state index in [0.29, 0.717) is 0 Å². The van der Waals surface area contributed by atoms with Crippen molar-refractivity contribution in [3.63, 3.8) is 0 Å². The van der Waals surface area contributed by atoms with Crippen molar-refractivity contribution in [3.8, 4) is 5.75 Å². The molecule has 0 radical (unpaired) electrons. The third-order valence-electron chi connectivity index (χ3n) is 2.25. The average Bonchev–Trinajstić information content (AvgIpc) is 2.77. The largest absolute Gasteiger partial charge is 0.505 e. The van der Waals surface area contributed by atoms with Gasteiger partial charge in [0.05, 0.1) is 16.1 Å². The summed E-state index contributed by atoms with van der Waals surface area (Å²) in [5, 5.41) is 11.8. The summed E-state index contributed by atoms with van der Waals surface area (Å²) in [4.78, 5) is 1.03. The van der Waals surface area contributed by atoms with Gasteiger partial charge in [0.1, 0.15) is 0 Å². The Morgan fingerprint density at radius 3 is 2.29 bits per heavy atom. The fourth-order valence-corrected chi connectivity index (χ4v) is 2.66. The highest BCUT2D eigenvalue weighted by Gasteiger charge is 2.14. The number of nitrogens with two attached hydrogens (primary N) is 1. The van der Waals surface area contributed by atoms with Crippen LogP contribution < -0.4 is 5.73 Å². The van der Waals surface area contributed by atoms with Crippen molar-refractivity contribution in [2.75, 3.05) is 0 Å². The first-order valence-corrected chi connectivity index (χ1v) is 6.20. The number of phenolic OH excluding ortho intramolecular Hbond substituents is 1. The van der Waals surface area contributed by atoms with Gasteiger partial charge in [-0.2, -0.15) is 0 Å². The van der Waals surface area contributed by atoms with Crippen LogP contribution in [-0.4, -0.2) is 5.11 Å². The third-order valence-corrected chi connectivity index (χ3v) is 3.78. The fourth-order valence-electron chi connectivity index (χ4n) is 1.40. The number of rotatable bonds is 2. The molecule has 2 rings (SSSR count). The Balaban J connectivity index is 0.00000144. The number of hydrogen-bond donors (Lipinski definition) is 2. The summed E-state index contributed by atoms with van der Waals surface area (Å²) in [7, 11) is 0. The van der Waals surface area contributed by atoms with Crippen LogP contribution in [0.15, 0.2) is 29.6 Å². The standard InChI is InChI=1S/C11H9Cl2NOS.ClH/c12-7-4-6(5-8(13)11(7)15)10(14)9-2-1-3-16-9;/h1-5,10,15H,14H2;1H/t10-;/m0./s1. The molecule has 1 aromatic heterocycles. The summed E-state index contributed by atoms with van der Waals surface area (Å²) in [5.74, 6) is -0.106. The molecule has 0 saturated heterocycles. The number of benzene rings is 1. The highest BCUT2D eigenvalue weighted by molar-refractivity contribution is 7.10. The predicted octanol–water partition coefficient (Wildman–Crippen LogP) is 4.23. The van der Waals surface area contributed by atoms with Gasteiger partial charge in [-0.25, -0.2) is 0 Å². The van der Waals surface area contributed by atoms with Crippen LogP contribution in [0.2, 0.25) is 10.0 Å². The molecule has 92 valence electrons. The number of halogens is 3. The van der Waals surface area contributed by atoms with E-state index >= 15 is 0 Å². The van der Waals surface area contributed by atoms with Gasteiger partial charge >= 0.3 is 0 Å². The molecule has 0 spiro atoms. The topological polar surface area (TPSA) is 46.2 Å². The number of thiophene rings is 1. The maximum Gasteiger partial charge on any atom is 0.152 e. The third kappa shape index (κ3) is 3.06. The first kappa shape index (κ1) is 14.6. The Bertz CT molecular complexity index is 478. The Hall–Kier alpha value is -0.450. The van der Waals surface area contributed by atoms with Gasteiger partial charge in [0.15, 0.2) is 5.75 Å². The monoisotopic (exact) mass is 309 g/mol. The van der Waals surface area contributed by atoms with Gasteiger partial charge in [-0.1, -0.05) is 29.3 Å². The zero-order valence-electron chi connectivity index (χ0n) is 8.56. The van der Waals surface area contributed by atoms with Crippen LogP contribution in [0.5, 0.6) is 5.75 Å². The fraction of sp³-hybridized carbons (Fsp3) is 0.0909. The lowest BCUT2D eigenvalue weighted by Gasteiger charge is -2.12. The lowest BCUT2D eigenvalue weighted by Crippen LogP contribution is -2.10. The van der Waals surface area contributed by atoms with E-state index in [-0.39, 0.29) is 34.2 Å². The van der Waals surface area contributed by atoms with E-state index in [1.807, 2.05) is 17.5 Å². The van der Waals surface area contributed by atoms with E-state index in [4.69, 9.17) is 28.9 Å². The molecule has 6 heteroatoms. The number of hydrogen-bond acceptors (Lipinski definition) is 3. The van der Waals surface area contributed by atoms with Crippen LogP contribution in [0, 0.1) is 0 Å². The number of phenols is 1. The van der Waals surface area contributed by atoms with Crippen molar-refractivity contribution in [1.29, 1.82) is 0 Å². The lowest BCUT2D eigenvalue weighted by molar-refractivity contribution is 0.475. The average molecular weight is 311 g/mol. The smallest absolute Gasteiger partial charge is 0.152 e. The first-order valence-electron chi connectivity index (χ1n) is 4.56. The predicted molar refractivity (Wildman–Crippen MR) is 75.7 cm³/mol. The number of aromatic hydroxyl groups is 1. The molecule has 17 heavy (non-hydrogen) atoms. The zero-order chi connectivity index (χ0) is 11.7. The molecule has 0 unspecified atom stereocenters. The van der Waals surface area contributed by atoms with Crippen molar-refractivity contribution < 1.29 is 5.11 Å². The van der Waals surface area contributed by atoms with Crippen molar-refractivity contribution in [2.24, 2.45) is 5.73 Å². The molecular weight excluding hydrogens is 301 g/mol. The van der Waals surface area contributed by atoms with Crippen LogP contribution in [0.4, 0.5) is 0 Å². The van der Waals surface area contributed by atoms with Crippen molar-refractivity contribution in [3.05, 3.63) is 50.1 Å². The molecule has 0 aliphatic carbocycles.